The molecule has 9 heavy (non-hydrogen) atoms. The summed E-state index contributed by atoms with van der Waals surface area (Å²) in [4.78, 5) is 0. The van der Waals surface area contributed by atoms with Gasteiger partial charge in [0.1, 0.15) is 5.56 Å². The molecule has 0 saturated carbocycles. The Morgan fingerprint density at radius 3 is 2.78 bits per heavy atom. The molecule has 0 heterocycles. The molecule has 0 aromatic rings. The summed E-state index contributed by atoms with van der Waals surface area (Å²) < 4.78 is 9.67. The Labute approximate surface area is 60.4 Å². The number of methoxy groups -OCH3 is 1. The maximum absolute atomic E-state index is 5.51. The van der Waals surface area contributed by atoms with Crippen LogP contribution in [0.15, 0.2) is 12.7 Å². The highest BCUT2D eigenvalue weighted by atomic mass is 35.5. The first-order valence-electron chi connectivity index (χ1n) is 2.68. The van der Waals surface area contributed by atoms with E-state index in [-0.39, 0.29) is 5.56 Å². The van der Waals surface area contributed by atoms with Crippen LogP contribution in [-0.2, 0) is 9.47 Å². The molecule has 0 aliphatic heterocycles. The zero-order valence-electron chi connectivity index (χ0n) is 5.47. The van der Waals surface area contributed by atoms with Gasteiger partial charge in [-0.3, -0.25) is 0 Å². The van der Waals surface area contributed by atoms with Crippen LogP contribution in [0, 0.1) is 0 Å². The molecule has 54 valence electrons. The van der Waals surface area contributed by atoms with E-state index in [1.54, 1.807) is 7.11 Å². The van der Waals surface area contributed by atoms with E-state index in [1.807, 2.05) is 0 Å². The molecule has 0 radical (unpaired) electrons. The van der Waals surface area contributed by atoms with E-state index in [2.05, 4.69) is 6.58 Å². The molecular formula is C6H11ClO2. The second-order valence-electron chi connectivity index (χ2n) is 1.45. The van der Waals surface area contributed by atoms with Crippen molar-refractivity contribution < 1.29 is 9.47 Å². The van der Waals surface area contributed by atoms with Gasteiger partial charge < -0.3 is 9.47 Å². The van der Waals surface area contributed by atoms with Gasteiger partial charge in [-0.15, -0.1) is 0 Å². The van der Waals surface area contributed by atoms with E-state index in [4.69, 9.17) is 21.1 Å². The third-order valence-electron chi connectivity index (χ3n) is 0.750. The lowest BCUT2D eigenvalue weighted by Crippen LogP contribution is -2.06. The zero-order valence-corrected chi connectivity index (χ0v) is 6.23. The Morgan fingerprint density at radius 1 is 1.67 bits per heavy atom. The van der Waals surface area contributed by atoms with Gasteiger partial charge in [0.15, 0.2) is 0 Å². The summed E-state index contributed by atoms with van der Waals surface area (Å²) in [5.74, 6) is 0. The maximum Gasteiger partial charge on any atom is 0.149 e. The highest BCUT2D eigenvalue weighted by molar-refractivity contribution is 6.20. The van der Waals surface area contributed by atoms with Crippen LogP contribution < -0.4 is 0 Å². The normalized spacial score (nSPS) is 13.1. The molecule has 0 saturated heterocycles. The highest BCUT2D eigenvalue weighted by Crippen LogP contribution is 1.97. The topological polar surface area (TPSA) is 18.5 Å². The summed E-state index contributed by atoms with van der Waals surface area (Å²) in [6, 6.07) is 0. The van der Waals surface area contributed by atoms with Gasteiger partial charge in [-0.25, -0.2) is 0 Å². The molecule has 0 aromatic heterocycles. The van der Waals surface area contributed by atoms with Gasteiger partial charge in [-0.2, -0.15) is 0 Å². The lowest BCUT2D eigenvalue weighted by Gasteiger charge is -2.03. The SMILES string of the molecule is C=CC(Cl)OCCOC. The summed E-state index contributed by atoms with van der Waals surface area (Å²) in [6.45, 7) is 4.52. The molecule has 0 rings (SSSR count). The van der Waals surface area contributed by atoms with Gasteiger partial charge in [0.05, 0.1) is 13.2 Å². The van der Waals surface area contributed by atoms with Crippen molar-refractivity contribution >= 4 is 11.6 Å². The van der Waals surface area contributed by atoms with Crippen molar-refractivity contribution in [3.05, 3.63) is 12.7 Å². The van der Waals surface area contributed by atoms with Gasteiger partial charge in [-0.1, -0.05) is 18.2 Å². The molecule has 0 fully saturated rings. The number of halogens is 1. The van der Waals surface area contributed by atoms with E-state index in [0.717, 1.165) is 0 Å². The summed E-state index contributed by atoms with van der Waals surface area (Å²) in [7, 11) is 1.61. The Hall–Kier alpha value is -0.0500. The number of ether oxygens (including phenoxy) is 2. The van der Waals surface area contributed by atoms with Crippen molar-refractivity contribution in [1.82, 2.24) is 0 Å². The first kappa shape index (κ1) is 8.95. The molecule has 0 bridgehead atoms. The Balaban J connectivity index is 2.96. The lowest BCUT2D eigenvalue weighted by atomic mass is 10.7. The molecule has 0 aliphatic carbocycles. The van der Waals surface area contributed by atoms with Crippen LogP contribution in [0.3, 0.4) is 0 Å². The van der Waals surface area contributed by atoms with Crippen LogP contribution in [0.25, 0.3) is 0 Å². The van der Waals surface area contributed by atoms with Gasteiger partial charge in [0, 0.05) is 7.11 Å². The first-order chi connectivity index (χ1) is 4.31. The van der Waals surface area contributed by atoms with Gasteiger partial charge in [0.2, 0.25) is 0 Å². The fourth-order valence-electron chi connectivity index (χ4n) is 0.312. The summed E-state index contributed by atoms with van der Waals surface area (Å²) in [6.07, 6.45) is 1.53. The van der Waals surface area contributed by atoms with E-state index in [1.165, 1.54) is 6.08 Å². The number of hydrogen-bond donors (Lipinski definition) is 0. The Kier molecular flexibility index (Phi) is 6.04. The molecule has 3 heteroatoms. The Bertz CT molecular complexity index is 75.5. The maximum atomic E-state index is 5.51. The number of hydrogen-bond acceptors (Lipinski definition) is 2. The lowest BCUT2D eigenvalue weighted by molar-refractivity contribution is 0.0707. The van der Waals surface area contributed by atoms with E-state index < -0.39 is 0 Å². The summed E-state index contributed by atoms with van der Waals surface area (Å²) in [5, 5.41) is 0. The van der Waals surface area contributed by atoms with Gasteiger partial charge in [-0.05, 0) is 6.08 Å². The number of rotatable bonds is 5. The molecule has 1 unspecified atom stereocenters. The standard InChI is InChI=1S/C6H11ClO2/c1-3-6(7)9-5-4-8-2/h3,6H,1,4-5H2,2H3. The third kappa shape index (κ3) is 5.83. The smallest absolute Gasteiger partial charge is 0.149 e. The van der Waals surface area contributed by atoms with Crippen molar-refractivity contribution in [1.29, 1.82) is 0 Å². The van der Waals surface area contributed by atoms with Crippen molar-refractivity contribution in [2.24, 2.45) is 0 Å². The molecular weight excluding hydrogens is 140 g/mol. The van der Waals surface area contributed by atoms with Crippen LogP contribution >= 0.6 is 11.6 Å². The molecule has 0 aromatic carbocycles. The molecule has 0 N–H and O–H groups in total. The van der Waals surface area contributed by atoms with Gasteiger partial charge >= 0.3 is 0 Å². The van der Waals surface area contributed by atoms with Crippen LogP contribution in [0.5, 0.6) is 0 Å². The van der Waals surface area contributed by atoms with E-state index >= 15 is 0 Å². The predicted molar refractivity (Wildman–Crippen MR) is 37.7 cm³/mol. The third-order valence-corrected chi connectivity index (χ3v) is 1.05. The summed E-state index contributed by atoms with van der Waals surface area (Å²) in [5.41, 5.74) is -0.389. The second kappa shape index (κ2) is 6.08. The average molecular weight is 151 g/mol. The molecule has 0 amide bonds. The van der Waals surface area contributed by atoms with Crippen LogP contribution in [0.4, 0.5) is 0 Å². The van der Waals surface area contributed by atoms with Crippen molar-refractivity contribution in [2.45, 2.75) is 5.56 Å². The van der Waals surface area contributed by atoms with E-state index in [0.29, 0.717) is 13.2 Å². The highest BCUT2D eigenvalue weighted by Gasteiger charge is 1.94. The quantitative estimate of drug-likeness (QED) is 0.335. The summed E-state index contributed by atoms with van der Waals surface area (Å²) >= 11 is 5.51. The first-order valence-corrected chi connectivity index (χ1v) is 3.12. The molecule has 0 spiro atoms. The molecule has 0 aliphatic rings. The predicted octanol–water partition coefficient (Wildman–Crippen LogP) is 1.40. The Morgan fingerprint density at radius 2 is 2.33 bits per heavy atom. The monoisotopic (exact) mass is 150 g/mol. The zero-order chi connectivity index (χ0) is 7.11. The van der Waals surface area contributed by atoms with Gasteiger partial charge in [0.25, 0.3) is 0 Å². The minimum absolute atomic E-state index is 0.389. The minimum atomic E-state index is -0.389. The van der Waals surface area contributed by atoms with Crippen molar-refractivity contribution in [3.8, 4) is 0 Å². The molecule has 2 nitrogen and oxygen atoms in total. The van der Waals surface area contributed by atoms with Crippen LogP contribution in [0.2, 0.25) is 0 Å². The minimum Gasteiger partial charge on any atom is -0.382 e. The fourth-order valence-corrected chi connectivity index (χ4v) is 0.401. The number of alkyl halides is 1. The van der Waals surface area contributed by atoms with Crippen molar-refractivity contribution in [2.75, 3.05) is 20.3 Å². The van der Waals surface area contributed by atoms with Crippen molar-refractivity contribution in [3.63, 3.8) is 0 Å². The van der Waals surface area contributed by atoms with E-state index in [9.17, 15) is 0 Å². The van der Waals surface area contributed by atoms with Crippen LogP contribution in [-0.4, -0.2) is 25.9 Å². The largest absolute Gasteiger partial charge is 0.382 e. The fraction of sp³-hybridized carbons (Fsp3) is 0.667. The van der Waals surface area contributed by atoms with Crippen LogP contribution in [0.1, 0.15) is 0 Å². The second-order valence-corrected chi connectivity index (χ2v) is 1.88. The molecule has 1 atom stereocenters. The average Bonchev–Trinajstić information content (AvgIpc) is 1.89.